The van der Waals surface area contributed by atoms with E-state index in [1.807, 2.05) is 0 Å². The van der Waals surface area contributed by atoms with Crippen molar-refractivity contribution in [1.82, 2.24) is 10.2 Å². The molecular weight excluding hydrogens is 407 g/mol. The maximum Gasteiger partial charge on any atom is 0.244 e. The highest BCUT2D eigenvalue weighted by molar-refractivity contribution is 7.92. The summed E-state index contributed by atoms with van der Waals surface area (Å²) >= 11 is 0. The second kappa shape index (κ2) is 8.88. The number of nitrogens with zero attached hydrogens (tertiary/aromatic N) is 1. The monoisotopic (exact) mass is 432 g/mol. The van der Waals surface area contributed by atoms with Crippen molar-refractivity contribution in [1.29, 1.82) is 0 Å². The number of likely N-dealkylation sites (tertiary alicyclic amines) is 1. The van der Waals surface area contributed by atoms with Gasteiger partial charge in [-0.05, 0) is 63.0 Å². The number of sulfone groups is 1. The van der Waals surface area contributed by atoms with Crippen molar-refractivity contribution in [3.8, 4) is 0 Å². The van der Waals surface area contributed by atoms with Gasteiger partial charge in [0.25, 0.3) is 0 Å². The number of amides is 1. The number of hydrogen-bond donors (Lipinski definition) is 1. The average Bonchev–Trinajstić information content (AvgIpc) is 2.67. The molecule has 2 fully saturated rings. The molecular formula is C19H26ClFN2O4S. The van der Waals surface area contributed by atoms with Gasteiger partial charge in [-0.1, -0.05) is 0 Å². The molecule has 2 saturated heterocycles. The maximum absolute atomic E-state index is 13.2. The molecule has 1 atom stereocenters. The number of ketones is 1. The van der Waals surface area contributed by atoms with Crippen LogP contribution in [0, 0.1) is 11.7 Å². The zero-order valence-electron chi connectivity index (χ0n) is 15.8. The number of carbonyl (C=O) groups is 2. The molecule has 0 aromatic heterocycles. The summed E-state index contributed by atoms with van der Waals surface area (Å²) in [6.07, 6.45) is 2.89. The molecule has 0 spiro atoms. The van der Waals surface area contributed by atoms with Crippen LogP contribution in [0.2, 0.25) is 0 Å². The van der Waals surface area contributed by atoms with Gasteiger partial charge in [0.1, 0.15) is 5.82 Å². The lowest BCUT2D eigenvalue weighted by Gasteiger charge is -2.41. The van der Waals surface area contributed by atoms with E-state index in [-0.39, 0.29) is 43.5 Å². The fourth-order valence-electron chi connectivity index (χ4n) is 4.09. The Morgan fingerprint density at radius 2 is 1.79 bits per heavy atom. The SMILES string of the molecule is CS(=O)(=O)C1(C(=O)N2CCCC(C(=O)c3ccc(F)cc3)C2)CCNCC1.Cl. The Balaban J connectivity index is 0.00000280. The van der Waals surface area contributed by atoms with Crippen LogP contribution in [-0.2, 0) is 14.6 Å². The van der Waals surface area contributed by atoms with Crippen LogP contribution >= 0.6 is 12.4 Å². The third-order valence-corrected chi connectivity index (χ3v) is 7.72. The van der Waals surface area contributed by atoms with Crippen LogP contribution in [0.4, 0.5) is 4.39 Å². The smallest absolute Gasteiger partial charge is 0.244 e. The molecule has 0 saturated carbocycles. The summed E-state index contributed by atoms with van der Waals surface area (Å²) < 4.78 is 36.7. The van der Waals surface area contributed by atoms with E-state index in [1.165, 1.54) is 24.3 Å². The van der Waals surface area contributed by atoms with Gasteiger partial charge >= 0.3 is 0 Å². The summed E-state index contributed by atoms with van der Waals surface area (Å²) in [6.45, 7) is 1.62. The topological polar surface area (TPSA) is 83.6 Å². The van der Waals surface area contributed by atoms with Crippen LogP contribution in [-0.4, -0.2) is 62.2 Å². The van der Waals surface area contributed by atoms with Gasteiger partial charge in [-0.3, -0.25) is 9.59 Å². The first kappa shape index (κ1) is 22.8. The number of carbonyl (C=O) groups excluding carboxylic acids is 2. The van der Waals surface area contributed by atoms with Crippen molar-refractivity contribution in [2.45, 2.75) is 30.4 Å². The molecule has 2 aliphatic heterocycles. The Kier molecular flexibility index (Phi) is 7.22. The van der Waals surface area contributed by atoms with Gasteiger partial charge in [0.05, 0.1) is 0 Å². The van der Waals surface area contributed by atoms with Crippen molar-refractivity contribution in [2.24, 2.45) is 5.92 Å². The summed E-state index contributed by atoms with van der Waals surface area (Å²) in [5.41, 5.74) is 0.412. The van der Waals surface area contributed by atoms with E-state index in [0.29, 0.717) is 38.0 Å². The maximum atomic E-state index is 13.2. The minimum atomic E-state index is -3.59. The Labute approximate surface area is 171 Å². The van der Waals surface area contributed by atoms with E-state index in [4.69, 9.17) is 0 Å². The Morgan fingerprint density at radius 1 is 1.18 bits per heavy atom. The lowest BCUT2D eigenvalue weighted by molar-refractivity contribution is -0.136. The van der Waals surface area contributed by atoms with Gasteiger partial charge in [-0.15, -0.1) is 12.4 Å². The molecule has 156 valence electrons. The zero-order valence-corrected chi connectivity index (χ0v) is 17.5. The fourth-order valence-corrected chi connectivity index (χ4v) is 5.48. The fraction of sp³-hybridized carbons (Fsp3) is 0.579. The number of hydrogen-bond acceptors (Lipinski definition) is 5. The van der Waals surface area contributed by atoms with Gasteiger partial charge in [-0.25, -0.2) is 12.8 Å². The largest absolute Gasteiger partial charge is 0.341 e. The molecule has 2 heterocycles. The highest BCUT2D eigenvalue weighted by Crippen LogP contribution is 2.32. The quantitative estimate of drug-likeness (QED) is 0.734. The van der Waals surface area contributed by atoms with Crippen LogP contribution in [0.25, 0.3) is 0 Å². The molecule has 6 nitrogen and oxygen atoms in total. The zero-order chi connectivity index (χ0) is 19.7. The Hall–Kier alpha value is -1.51. The molecule has 1 aromatic rings. The van der Waals surface area contributed by atoms with Crippen LogP contribution in [0.15, 0.2) is 24.3 Å². The van der Waals surface area contributed by atoms with Crippen LogP contribution in [0.1, 0.15) is 36.0 Å². The molecule has 0 bridgehead atoms. The number of halogens is 2. The normalized spacial score (nSPS) is 22.2. The van der Waals surface area contributed by atoms with E-state index in [9.17, 15) is 22.4 Å². The van der Waals surface area contributed by atoms with Gasteiger partial charge in [0, 0.05) is 30.8 Å². The van der Waals surface area contributed by atoms with E-state index in [2.05, 4.69) is 5.32 Å². The molecule has 0 radical (unpaired) electrons. The summed E-state index contributed by atoms with van der Waals surface area (Å²) in [7, 11) is -3.59. The molecule has 28 heavy (non-hydrogen) atoms. The van der Waals surface area contributed by atoms with Crippen molar-refractivity contribution in [3.05, 3.63) is 35.6 Å². The third kappa shape index (κ3) is 4.39. The number of Topliss-reactive ketones (excluding diaryl/α,β-unsaturated/α-hetero) is 1. The standard InChI is InChI=1S/C19H25FN2O4S.ClH/c1-27(25,26)19(8-10-21-11-9-19)18(24)22-12-2-3-15(13-22)17(23)14-4-6-16(20)7-5-14;/h4-7,15,21H,2-3,8-13H2,1H3;1H. The van der Waals surface area contributed by atoms with E-state index < -0.39 is 26.3 Å². The number of nitrogens with one attached hydrogen (secondary N) is 1. The molecule has 1 amide bonds. The summed E-state index contributed by atoms with van der Waals surface area (Å²) in [6, 6.07) is 5.38. The third-order valence-electron chi connectivity index (χ3n) is 5.72. The van der Waals surface area contributed by atoms with Crippen molar-refractivity contribution in [2.75, 3.05) is 32.4 Å². The lowest BCUT2D eigenvalue weighted by atomic mass is 9.88. The van der Waals surface area contributed by atoms with Crippen LogP contribution in [0.3, 0.4) is 0 Å². The first-order valence-corrected chi connectivity index (χ1v) is 11.1. The number of benzene rings is 1. The van der Waals surface area contributed by atoms with Gasteiger partial charge in [0.2, 0.25) is 5.91 Å². The Bertz CT molecular complexity index is 823. The van der Waals surface area contributed by atoms with Crippen molar-refractivity contribution >= 4 is 33.9 Å². The number of rotatable bonds is 4. The second-order valence-electron chi connectivity index (χ2n) is 7.48. The second-order valence-corrected chi connectivity index (χ2v) is 9.80. The van der Waals surface area contributed by atoms with Gasteiger partial charge in [-0.2, -0.15) is 0 Å². The summed E-state index contributed by atoms with van der Waals surface area (Å²) in [4.78, 5) is 27.5. The lowest BCUT2D eigenvalue weighted by Crippen LogP contribution is -2.59. The summed E-state index contributed by atoms with van der Waals surface area (Å²) in [5, 5.41) is 3.10. The minimum Gasteiger partial charge on any atom is -0.341 e. The highest BCUT2D eigenvalue weighted by Gasteiger charge is 2.51. The molecule has 9 heteroatoms. The highest BCUT2D eigenvalue weighted by atomic mass is 35.5. The molecule has 1 aromatic carbocycles. The molecule has 0 aliphatic carbocycles. The average molecular weight is 433 g/mol. The van der Waals surface area contributed by atoms with E-state index in [1.54, 1.807) is 4.90 Å². The van der Waals surface area contributed by atoms with Crippen LogP contribution < -0.4 is 5.32 Å². The van der Waals surface area contributed by atoms with Crippen molar-refractivity contribution < 1.29 is 22.4 Å². The molecule has 2 aliphatic rings. The molecule has 1 N–H and O–H groups in total. The van der Waals surface area contributed by atoms with Gasteiger partial charge < -0.3 is 10.2 Å². The minimum absolute atomic E-state index is 0. The van der Waals surface area contributed by atoms with Crippen LogP contribution in [0.5, 0.6) is 0 Å². The molecule has 1 unspecified atom stereocenters. The first-order valence-electron chi connectivity index (χ1n) is 9.24. The van der Waals surface area contributed by atoms with E-state index >= 15 is 0 Å². The van der Waals surface area contributed by atoms with Gasteiger partial charge in [0.15, 0.2) is 20.4 Å². The van der Waals surface area contributed by atoms with Crippen molar-refractivity contribution in [3.63, 3.8) is 0 Å². The number of piperidine rings is 2. The predicted octanol–water partition coefficient (Wildman–Crippen LogP) is 1.84. The first-order chi connectivity index (χ1) is 12.7. The molecule has 3 rings (SSSR count). The summed E-state index contributed by atoms with van der Waals surface area (Å²) in [5.74, 6) is -1.33. The predicted molar refractivity (Wildman–Crippen MR) is 107 cm³/mol. The van der Waals surface area contributed by atoms with E-state index in [0.717, 1.165) is 6.26 Å². The Morgan fingerprint density at radius 3 is 2.36 bits per heavy atom.